The molecule has 0 bridgehead atoms. The Hall–Kier alpha value is -1.07. The third-order valence-corrected chi connectivity index (χ3v) is 4.74. The van der Waals surface area contributed by atoms with E-state index >= 15 is 0 Å². The van der Waals surface area contributed by atoms with Crippen LogP contribution in [0.2, 0.25) is 0 Å². The summed E-state index contributed by atoms with van der Waals surface area (Å²) in [5.41, 5.74) is 0. The van der Waals surface area contributed by atoms with Crippen LogP contribution in [0.3, 0.4) is 0 Å². The first-order valence-corrected chi connectivity index (χ1v) is 8.94. The Morgan fingerprint density at radius 1 is 1.45 bits per heavy atom. The topological polar surface area (TPSA) is 42.8 Å². The molecule has 2 atom stereocenters. The van der Waals surface area contributed by atoms with Crippen molar-refractivity contribution < 1.29 is 14.4 Å². The lowest BCUT2D eigenvalue weighted by Gasteiger charge is -2.30. The molecule has 1 aliphatic heterocycles. The summed E-state index contributed by atoms with van der Waals surface area (Å²) in [6.45, 7) is 5.56. The van der Waals surface area contributed by atoms with Crippen molar-refractivity contribution in [2.45, 2.75) is 38.6 Å². The van der Waals surface area contributed by atoms with E-state index in [4.69, 9.17) is 4.74 Å². The molecule has 0 aromatic heterocycles. The van der Waals surface area contributed by atoms with Crippen LogP contribution in [0.25, 0.3) is 0 Å². The van der Waals surface area contributed by atoms with E-state index in [0.29, 0.717) is 5.75 Å². The lowest BCUT2D eigenvalue weighted by molar-refractivity contribution is -0.928. The first kappa shape index (κ1) is 17.3. The predicted octanol–water partition coefficient (Wildman–Crippen LogP) is 1.79. The number of ether oxygens (including phenoxy) is 1. The van der Waals surface area contributed by atoms with E-state index in [1.165, 1.54) is 25.8 Å². The molecule has 122 valence electrons. The Bertz CT molecular complexity index is 481. The molecule has 0 radical (unpaired) electrons. The van der Waals surface area contributed by atoms with Gasteiger partial charge in [0.15, 0.2) is 6.61 Å². The standard InChI is InChI=1S/C17H25BrN2O2/c1-14-6-2-3-10-20(14)11-5-9-19-17(21)13-22-16-8-4-7-15(18)12-16/h4,7-8,12,14H,2-3,5-6,9-11,13H2,1H3,(H,19,21)/p+1/t14-/m0/s1. The highest BCUT2D eigenvalue weighted by atomic mass is 79.9. The Kier molecular flexibility index (Phi) is 7.19. The maximum Gasteiger partial charge on any atom is 0.257 e. The highest BCUT2D eigenvalue weighted by Gasteiger charge is 2.20. The number of carbonyl (C=O) groups excluding carboxylic acids is 1. The van der Waals surface area contributed by atoms with E-state index in [1.54, 1.807) is 4.90 Å². The second-order valence-electron chi connectivity index (χ2n) is 6.00. The van der Waals surface area contributed by atoms with Crippen LogP contribution in [0.15, 0.2) is 28.7 Å². The molecule has 1 aliphatic rings. The van der Waals surface area contributed by atoms with E-state index in [9.17, 15) is 4.79 Å². The van der Waals surface area contributed by atoms with Gasteiger partial charge in [-0.3, -0.25) is 4.79 Å². The lowest BCUT2D eigenvalue weighted by atomic mass is 10.0. The maximum atomic E-state index is 11.8. The number of amides is 1. The number of benzene rings is 1. The summed E-state index contributed by atoms with van der Waals surface area (Å²) < 4.78 is 6.41. The second-order valence-corrected chi connectivity index (χ2v) is 6.92. The molecule has 1 fully saturated rings. The van der Waals surface area contributed by atoms with Crippen molar-refractivity contribution in [3.63, 3.8) is 0 Å². The highest BCUT2D eigenvalue weighted by Crippen LogP contribution is 2.17. The fraction of sp³-hybridized carbons (Fsp3) is 0.588. The maximum absolute atomic E-state index is 11.8. The number of rotatable bonds is 7. The quantitative estimate of drug-likeness (QED) is 0.719. The van der Waals surface area contributed by atoms with E-state index in [2.05, 4.69) is 28.2 Å². The van der Waals surface area contributed by atoms with Gasteiger partial charge in [-0.1, -0.05) is 22.0 Å². The first-order chi connectivity index (χ1) is 10.6. The average Bonchev–Trinajstić information content (AvgIpc) is 2.51. The van der Waals surface area contributed by atoms with Crippen molar-refractivity contribution >= 4 is 21.8 Å². The monoisotopic (exact) mass is 369 g/mol. The second kappa shape index (κ2) is 9.16. The zero-order valence-electron chi connectivity index (χ0n) is 13.2. The molecule has 5 heteroatoms. The van der Waals surface area contributed by atoms with Crippen molar-refractivity contribution in [2.75, 3.05) is 26.2 Å². The van der Waals surface area contributed by atoms with Gasteiger partial charge in [0.1, 0.15) is 5.75 Å². The Labute approximate surface area is 141 Å². The van der Waals surface area contributed by atoms with E-state index in [0.717, 1.165) is 30.0 Å². The Morgan fingerprint density at radius 3 is 3.09 bits per heavy atom. The third-order valence-electron chi connectivity index (χ3n) is 4.24. The minimum Gasteiger partial charge on any atom is -0.484 e. The molecule has 0 spiro atoms. The van der Waals surface area contributed by atoms with Crippen LogP contribution < -0.4 is 15.0 Å². The predicted molar refractivity (Wildman–Crippen MR) is 91.3 cm³/mol. The van der Waals surface area contributed by atoms with Crippen molar-refractivity contribution in [1.82, 2.24) is 5.32 Å². The molecule has 1 aromatic rings. The number of halogens is 1. The highest BCUT2D eigenvalue weighted by molar-refractivity contribution is 9.10. The van der Waals surface area contributed by atoms with E-state index in [-0.39, 0.29) is 12.5 Å². The minimum atomic E-state index is -0.0540. The molecule has 1 saturated heterocycles. The molecule has 2 N–H and O–H groups in total. The first-order valence-electron chi connectivity index (χ1n) is 8.15. The van der Waals surface area contributed by atoms with Gasteiger partial charge in [-0.25, -0.2) is 0 Å². The molecule has 22 heavy (non-hydrogen) atoms. The fourth-order valence-electron chi connectivity index (χ4n) is 2.92. The zero-order valence-corrected chi connectivity index (χ0v) is 14.8. The molecule has 4 nitrogen and oxygen atoms in total. The molecule has 0 saturated carbocycles. The average molecular weight is 370 g/mol. The summed E-state index contributed by atoms with van der Waals surface area (Å²) in [6, 6.07) is 8.29. The normalized spacial score (nSPS) is 21.4. The van der Waals surface area contributed by atoms with Gasteiger partial charge in [-0.2, -0.15) is 0 Å². The van der Waals surface area contributed by atoms with Crippen LogP contribution in [0.1, 0.15) is 32.6 Å². The smallest absolute Gasteiger partial charge is 0.257 e. The number of piperidine rings is 1. The fourth-order valence-corrected chi connectivity index (χ4v) is 3.30. The van der Waals surface area contributed by atoms with Crippen LogP contribution in [0.4, 0.5) is 0 Å². The number of nitrogens with one attached hydrogen (secondary N) is 2. The zero-order chi connectivity index (χ0) is 15.8. The molecule has 2 rings (SSSR count). The van der Waals surface area contributed by atoms with Crippen LogP contribution in [-0.4, -0.2) is 38.2 Å². The van der Waals surface area contributed by atoms with Crippen LogP contribution in [0, 0.1) is 0 Å². The lowest BCUT2D eigenvalue weighted by Crippen LogP contribution is -3.16. The molecular weight excluding hydrogens is 344 g/mol. The van der Waals surface area contributed by atoms with Crippen LogP contribution in [0.5, 0.6) is 5.75 Å². The summed E-state index contributed by atoms with van der Waals surface area (Å²) in [7, 11) is 0. The van der Waals surface area contributed by atoms with Gasteiger partial charge in [0.05, 0.1) is 19.1 Å². The number of hydrogen-bond acceptors (Lipinski definition) is 2. The summed E-state index contributed by atoms with van der Waals surface area (Å²) in [5, 5.41) is 2.93. The Balaban J connectivity index is 1.57. The number of hydrogen-bond donors (Lipinski definition) is 2. The van der Waals surface area contributed by atoms with Crippen LogP contribution >= 0.6 is 15.9 Å². The van der Waals surface area contributed by atoms with Gasteiger partial charge in [-0.05, 0) is 44.4 Å². The van der Waals surface area contributed by atoms with E-state index < -0.39 is 0 Å². The molecule has 1 amide bonds. The third kappa shape index (κ3) is 5.97. The molecule has 1 heterocycles. The SMILES string of the molecule is C[C@H]1CCCC[NH+]1CCCNC(=O)COc1cccc(Br)c1. The number of carbonyl (C=O) groups is 1. The minimum absolute atomic E-state index is 0.0540. The number of quaternary nitrogens is 1. The molecule has 0 aliphatic carbocycles. The summed E-state index contributed by atoms with van der Waals surface area (Å²) in [4.78, 5) is 13.4. The Morgan fingerprint density at radius 2 is 2.32 bits per heavy atom. The van der Waals surface area contributed by atoms with Crippen LogP contribution in [-0.2, 0) is 4.79 Å². The van der Waals surface area contributed by atoms with Crippen molar-refractivity contribution in [3.8, 4) is 5.75 Å². The molecule has 1 aromatic carbocycles. The molecular formula is C17H26BrN2O2+. The van der Waals surface area contributed by atoms with Crippen molar-refractivity contribution in [2.24, 2.45) is 0 Å². The van der Waals surface area contributed by atoms with Gasteiger partial charge in [0.2, 0.25) is 0 Å². The van der Waals surface area contributed by atoms with Crippen molar-refractivity contribution in [1.29, 1.82) is 0 Å². The van der Waals surface area contributed by atoms with E-state index in [1.807, 2.05) is 24.3 Å². The van der Waals surface area contributed by atoms with Gasteiger partial charge in [0, 0.05) is 17.4 Å². The van der Waals surface area contributed by atoms with Gasteiger partial charge in [-0.15, -0.1) is 0 Å². The molecule has 1 unspecified atom stereocenters. The summed E-state index contributed by atoms with van der Waals surface area (Å²) in [5.74, 6) is 0.651. The van der Waals surface area contributed by atoms with Gasteiger partial charge >= 0.3 is 0 Å². The van der Waals surface area contributed by atoms with Crippen molar-refractivity contribution in [3.05, 3.63) is 28.7 Å². The van der Waals surface area contributed by atoms with Gasteiger partial charge < -0.3 is 15.0 Å². The largest absolute Gasteiger partial charge is 0.484 e. The van der Waals surface area contributed by atoms with Gasteiger partial charge in [0.25, 0.3) is 5.91 Å². The summed E-state index contributed by atoms with van der Waals surface area (Å²) in [6.07, 6.45) is 5.07. The summed E-state index contributed by atoms with van der Waals surface area (Å²) >= 11 is 3.38. The number of likely N-dealkylation sites (tertiary alicyclic amines) is 1.